The highest BCUT2D eigenvalue weighted by Crippen LogP contribution is 2.26. The van der Waals surface area contributed by atoms with E-state index < -0.39 is 24.0 Å². The molecule has 2 atom stereocenters. The molecular weight excluding hydrogens is 458 g/mol. The van der Waals surface area contributed by atoms with Crippen molar-refractivity contribution in [3.05, 3.63) is 89.5 Å². The molecule has 2 N–H and O–H groups in total. The highest BCUT2D eigenvalue weighted by molar-refractivity contribution is 6.05. The molecule has 2 aromatic heterocycles. The van der Waals surface area contributed by atoms with Crippen LogP contribution >= 0.6 is 0 Å². The fraction of sp³-hybridized carbons (Fsp3) is 0.250. The Morgan fingerprint density at radius 3 is 2.39 bits per heavy atom. The van der Waals surface area contributed by atoms with Crippen LogP contribution in [0.5, 0.6) is 0 Å². The van der Waals surface area contributed by atoms with Crippen LogP contribution in [0.4, 0.5) is 5.69 Å². The van der Waals surface area contributed by atoms with Gasteiger partial charge < -0.3 is 19.4 Å². The van der Waals surface area contributed by atoms with E-state index >= 15 is 0 Å². The van der Waals surface area contributed by atoms with Crippen molar-refractivity contribution in [2.45, 2.75) is 39.3 Å². The molecule has 2 heterocycles. The second-order valence-electron chi connectivity index (χ2n) is 9.08. The third-order valence-electron chi connectivity index (χ3n) is 6.43. The van der Waals surface area contributed by atoms with Crippen LogP contribution < -0.4 is 4.90 Å². The number of likely N-dealkylation sites (N-methyl/N-ethyl adjacent to an activating group) is 1. The van der Waals surface area contributed by atoms with Gasteiger partial charge >= 0.3 is 5.97 Å². The van der Waals surface area contributed by atoms with E-state index in [0.717, 1.165) is 27.6 Å². The SMILES string of the molecule is Cc1cc(C)cc(C(=O)N(C)[C@@H](C)C(=O)N(c2ccoc2)[C@@H](Cc2c[nH]c3ccccc23)C(=O)O)c1. The predicted molar refractivity (Wildman–Crippen MR) is 137 cm³/mol. The molecule has 0 saturated heterocycles. The minimum atomic E-state index is -1.22. The van der Waals surface area contributed by atoms with E-state index in [2.05, 4.69) is 4.98 Å². The normalized spacial score (nSPS) is 12.8. The Bertz CT molecular complexity index is 1390. The lowest BCUT2D eigenvalue weighted by Gasteiger charge is -2.33. The number of carbonyl (C=O) groups excluding carboxylic acids is 2. The molecule has 0 aliphatic carbocycles. The summed E-state index contributed by atoms with van der Waals surface area (Å²) in [5.74, 6) is -2.01. The number of benzene rings is 2. The minimum Gasteiger partial charge on any atom is -0.480 e. The van der Waals surface area contributed by atoms with Gasteiger partial charge in [-0.2, -0.15) is 0 Å². The highest BCUT2D eigenvalue weighted by Gasteiger charge is 2.37. The van der Waals surface area contributed by atoms with Crippen molar-refractivity contribution in [1.82, 2.24) is 9.88 Å². The van der Waals surface area contributed by atoms with E-state index in [1.165, 1.54) is 22.3 Å². The molecule has 0 unspecified atom stereocenters. The summed E-state index contributed by atoms with van der Waals surface area (Å²) in [6.45, 7) is 5.41. The molecule has 0 aliphatic rings. The van der Waals surface area contributed by atoms with Gasteiger partial charge in [-0.05, 0) is 44.5 Å². The third-order valence-corrected chi connectivity index (χ3v) is 6.43. The van der Waals surface area contributed by atoms with Crippen molar-refractivity contribution in [3.63, 3.8) is 0 Å². The number of anilines is 1. The maximum atomic E-state index is 13.8. The Balaban J connectivity index is 1.66. The first-order chi connectivity index (χ1) is 17.2. The zero-order valence-electron chi connectivity index (χ0n) is 20.7. The Morgan fingerprint density at radius 2 is 1.75 bits per heavy atom. The van der Waals surface area contributed by atoms with Gasteiger partial charge in [0.2, 0.25) is 5.91 Å². The van der Waals surface area contributed by atoms with E-state index in [-0.39, 0.29) is 12.3 Å². The van der Waals surface area contributed by atoms with E-state index in [1.54, 1.807) is 38.4 Å². The number of furan rings is 1. The number of hydrogen-bond donors (Lipinski definition) is 2. The maximum absolute atomic E-state index is 13.8. The molecule has 8 nitrogen and oxygen atoms in total. The molecule has 0 fully saturated rings. The Kier molecular flexibility index (Phi) is 6.96. The number of fused-ring (bicyclic) bond motifs is 1. The van der Waals surface area contributed by atoms with Crippen LogP contribution in [-0.2, 0) is 16.0 Å². The number of hydrogen-bond acceptors (Lipinski definition) is 4. The molecule has 186 valence electrons. The van der Waals surface area contributed by atoms with Gasteiger partial charge in [0.05, 0.1) is 12.0 Å². The molecule has 0 spiro atoms. The number of aryl methyl sites for hydroxylation is 2. The molecule has 2 amide bonds. The average Bonchev–Trinajstić information content (AvgIpc) is 3.52. The fourth-order valence-corrected chi connectivity index (χ4v) is 4.50. The number of nitrogens with zero attached hydrogens (tertiary/aromatic N) is 2. The average molecular weight is 488 g/mol. The quantitative estimate of drug-likeness (QED) is 0.379. The first-order valence-corrected chi connectivity index (χ1v) is 11.7. The summed E-state index contributed by atoms with van der Waals surface area (Å²) in [5.41, 5.74) is 4.31. The fourth-order valence-electron chi connectivity index (χ4n) is 4.50. The van der Waals surface area contributed by atoms with Gasteiger partial charge in [-0.1, -0.05) is 35.4 Å². The Hall–Kier alpha value is -4.33. The Morgan fingerprint density at radius 1 is 1.06 bits per heavy atom. The molecule has 8 heteroatoms. The molecular formula is C28H29N3O5. The van der Waals surface area contributed by atoms with Gasteiger partial charge in [-0.25, -0.2) is 4.79 Å². The van der Waals surface area contributed by atoms with Gasteiger partial charge in [-0.3, -0.25) is 14.5 Å². The lowest BCUT2D eigenvalue weighted by atomic mass is 10.0. The van der Waals surface area contributed by atoms with Crippen molar-refractivity contribution in [3.8, 4) is 0 Å². The topological polar surface area (TPSA) is 107 Å². The molecule has 0 aliphatic heterocycles. The smallest absolute Gasteiger partial charge is 0.327 e. The standard InChI is InChI=1S/C28H29N3O5/c1-17-11-18(2)13-20(12-17)27(33)30(4)19(3)26(32)31(22-9-10-36-16-22)25(28(34)35)14-21-15-29-24-8-6-5-7-23(21)24/h5-13,15-16,19,25,29H,14H2,1-4H3,(H,34,35)/t19-,25-/m0/s1. The first-order valence-electron chi connectivity index (χ1n) is 11.7. The second kappa shape index (κ2) is 10.1. The van der Waals surface area contributed by atoms with Crippen molar-refractivity contribution in [2.24, 2.45) is 0 Å². The van der Waals surface area contributed by atoms with Gasteiger partial charge in [0.15, 0.2) is 0 Å². The largest absolute Gasteiger partial charge is 0.480 e. The van der Waals surface area contributed by atoms with Crippen LogP contribution in [0, 0.1) is 13.8 Å². The Labute approximate surface area is 209 Å². The maximum Gasteiger partial charge on any atom is 0.327 e. The van der Waals surface area contributed by atoms with E-state index in [1.807, 2.05) is 44.2 Å². The van der Waals surface area contributed by atoms with E-state index in [9.17, 15) is 19.5 Å². The van der Waals surface area contributed by atoms with Crippen LogP contribution in [0.15, 0.2) is 71.7 Å². The van der Waals surface area contributed by atoms with Crippen molar-refractivity contribution >= 4 is 34.4 Å². The molecule has 2 aromatic carbocycles. The molecule has 0 radical (unpaired) electrons. The van der Waals surface area contributed by atoms with Crippen LogP contribution in [0.1, 0.15) is 34.0 Å². The zero-order valence-corrected chi connectivity index (χ0v) is 20.7. The highest BCUT2D eigenvalue weighted by atomic mass is 16.4. The van der Waals surface area contributed by atoms with Crippen LogP contribution in [-0.4, -0.2) is 51.9 Å². The summed E-state index contributed by atoms with van der Waals surface area (Å²) in [6.07, 6.45) is 4.55. The number of nitrogens with one attached hydrogen (secondary N) is 1. The van der Waals surface area contributed by atoms with Gasteiger partial charge in [-0.15, -0.1) is 0 Å². The summed E-state index contributed by atoms with van der Waals surface area (Å²) < 4.78 is 5.19. The van der Waals surface area contributed by atoms with Gasteiger partial charge in [0.25, 0.3) is 5.91 Å². The van der Waals surface area contributed by atoms with Crippen LogP contribution in [0.25, 0.3) is 10.9 Å². The van der Waals surface area contributed by atoms with E-state index in [4.69, 9.17) is 4.42 Å². The van der Waals surface area contributed by atoms with Gasteiger partial charge in [0.1, 0.15) is 18.3 Å². The number of H-pyrrole nitrogens is 1. The molecule has 0 bridgehead atoms. The monoisotopic (exact) mass is 487 g/mol. The lowest BCUT2D eigenvalue weighted by Crippen LogP contribution is -2.54. The number of amides is 2. The number of aromatic amines is 1. The summed E-state index contributed by atoms with van der Waals surface area (Å²) in [6, 6.07) is 12.5. The molecule has 0 saturated carbocycles. The summed E-state index contributed by atoms with van der Waals surface area (Å²) in [4.78, 5) is 45.3. The third kappa shape index (κ3) is 4.88. The molecule has 4 rings (SSSR count). The number of carboxylic acid groups (broad SMARTS) is 1. The van der Waals surface area contributed by atoms with Crippen molar-refractivity contribution < 1.29 is 23.9 Å². The molecule has 36 heavy (non-hydrogen) atoms. The number of aromatic nitrogens is 1. The van der Waals surface area contributed by atoms with E-state index in [0.29, 0.717) is 11.3 Å². The van der Waals surface area contributed by atoms with Crippen molar-refractivity contribution in [1.29, 1.82) is 0 Å². The van der Waals surface area contributed by atoms with Gasteiger partial charge in [0, 0.05) is 42.2 Å². The lowest BCUT2D eigenvalue weighted by molar-refractivity contribution is -0.140. The minimum absolute atomic E-state index is 0.0672. The van der Waals surface area contributed by atoms with Crippen molar-refractivity contribution in [2.75, 3.05) is 11.9 Å². The number of para-hydroxylation sites is 1. The molecule has 4 aromatic rings. The summed E-state index contributed by atoms with van der Waals surface area (Å²) in [5, 5.41) is 11.1. The number of carboxylic acids is 1. The predicted octanol–water partition coefficient (Wildman–Crippen LogP) is 4.57. The van der Waals surface area contributed by atoms with Crippen LogP contribution in [0.3, 0.4) is 0 Å². The second-order valence-corrected chi connectivity index (χ2v) is 9.08. The number of rotatable bonds is 8. The summed E-state index contributed by atoms with van der Waals surface area (Å²) >= 11 is 0. The number of carbonyl (C=O) groups is 3. The van der Waals surface area contributed by atoms with Crippen LogP contribution in [0.2, 0.25) is 0 Å². The summed E-state index contributed by atoms with van der Waals surface area (Å²) in [7, 11) is 1.55. The first kappa shape index (κ1) is 24.8. The zero-order chi connectivity index (χ0) is 26.0. The number of aliphatic carboxylic acids is 1.